The molecule has 6 nitrogen and oxygen atoms in total. The smallest absolute Gasteiger partial charge is 0.410 e. The molecule has 1 atom stereocenters. The van der Waals surface area contributed by atoms with Crippen LogP contribution in [0.1, 0.15) is 37.0 Å². The Hall–Kier alpha value is -1.95. The molecule has 0 aromatic heterocycles. The van der Waals surface area contributed by atoms with Gasteiger partial charge in [0.1, 0.15) is 11.5 Å². The van der Waals surface area contributed by atoms with E-state index in [1.807, 2.05) is 13.0 Å². The minimum Gasteiger partial charge on any atom is -0.496 e. The first kappa shape index (κ1) is 18.4. The van der Waals surface area contributed by atoms with Crippen molar-refractivity contribution < 1.29 is 19.0 Å². The number of ether oxygens (including phenoxy) is 3. The lowest BCUT2D eigenvalue weighted by atomic mass is 9.91. The number of nitrogens with zero attached hydrogens (tertiary/aromatic N) is 1. The third kappa shape index (κ3) is 3.59. The Balaban J connectivity index is 2.43. The highest BCUT2D eigenvalue weighted by atomic mass is 16.5. The first-order valence-corrected chi connectivity index (χ1v) is 8.38. The molecule has 1 N–H and O–H groups in total. The largest absolute Gasteiger partial charge is 0.496 e. The minimum atomic E-state index is -0.317. The number of methoxy groups -OCH3 is 3. The predicted octanol–water partition coefficient (Wildman–Crippen LogP) is 2.72. The Morgan fingerprint density at radius 3 is 2.62 bits per heavy atom. The van der Waals surface area contributed by atoms with Crippen molar-refractivity contribution in [1.29, 1.82) is 0 Å². The van der Waals surface area contributed by atoms with Crippen LogP contribution in [0.15, 0.2) is 6.07 Å². The van der Waals surface area contributed by atoms with Crippen LogP contribution in [0.25, 0.3) is 0 Å². The molecule has 0 aliphatic carbocycles. The van der Waals surface area contributed by atoms with Crippen LogP contribution in [-0.4, -0.2) is 44.9 Å². The summed E-state index contributed by atoms with van der Waals surface area (Å²) in [7, 11) is 4.76. The summed E-state index contributed by atoms with van der Waals surface area (Å²) in [5.74, 6) is 1.69. The summed E-state index contributed by atoms with van der Waals surface area (Å²) in [6.07, 6.45) is 1.48. The number of carbonyl (C=O) groups is 1. The predicted molar refractivity (Wildman–Crippen MR) is 92.7 cm³/mol. The summed E-state index contributed by atoms with van der Waals surface area (Å²) in [6.45, 7) is 6.31. The van der Waals surface area contributed by atoms with Gasteiger partial charge in [0.15, 0.2) is 0 Å². The number of nitrogens with one attached hydrogen (secondary N) is 1. The zero-order valence-electron chi connectivity index (χ0n) is 15.3. The van der Waals surface area contributed by atoms with E-state index in [0.29, 0.717) is 13.0 Å². The molecule has 1 amide bonds. The maximum atomic E-state index is 12.0. The van der Waals surface area contributed by atoms with E-state index in [9.17, 15) is 4.79 Å². The van der Waals surface area contributed by atoms with Crippen LogP contribution in [0.2, 0.25) is 0 Å². The zero-order valence-corrected chi connectivity index (χ0v) is 15.3. The Morgan fingerprint density at radius 1 is 1.29 bits per heavy atom. The standard InChI is InChI=1S/C18H28N2O4/c1-6-7-19-10-13-9-16(22-3)15-11-20(18(21)24-5)12(2)8-14(15)17(13)23-4/h9,12,19H,6-8,10-11H2,1-5H3. The van der Waals surface area contributed by atoms with Crippen LogP contribution in [0.4, 0.5) is 4.79 Å². The number of hydrogen-bond acceptors (Lipinski definition) is 5. The molecule has 134 valence electrons. The highest BCUT2D eigenvalue weighted by Crippen LogP contribution is 2.39. The molecule has 1 aromatic carbocycles. The molecule has 24 heavy (non-hydrogen) atoms. The summed E-state index contributed by atoms with van der Waals surface area (Å²) >= 11 is 0. The fourth-order valence-corrected chi connectivity index (χ4v) is 3.24. The van der Waals surface area contributed by atoms with Gasteiger partial charge in [0.25, 0.3) is 0 Å². The molecule has 0 spiro atoms. The monoisotopic (exact) mass is 336 g/mol. The maximum Gasteiger partial charge on any atom is 0.410 e. The second kappa shape index (κ2) is 8.24. The summed E-state index contributed by atoms with van der Waals surface area (Å²) in [6, 6.07) is 2.05. The summed E-state index contributed by atoms with van der Waals surface area (Å²) in [5, 5.41) is 3.41. The topological polar surface area (TPSA) is 60.0 Å². The molecule has 0 bridgehead atoms. The molecule has 1 aromatic rings. The van der Waals surface area contributed by atoms with Crippen LogP contribution in [0.5, 0.6) is 11.5 Å². The second-order valence-electron chi connectivity index (χ2n) is 6.06. The van der Waals surface area contributed by atoms with Crippen molar-refractivity contribution in [2.45, 2.75) is 45.8 Å². The van der Waals surface area contributed by atoms with E-state index < -0.39 is 0 Å². The number of fused-ring (bicyclic) bond motifs is 1. The van der Waals surface area contributed by atoms with Gasteiger partial charge in [-0.1, -0.05) is 6.92 Å². The molecule has 1 aliphatic rings. The lowest BCUT2D eigenvalue weighted by Crippen LogP contribution is -2.42. The highest BCUT2D eigenvalue weighted by Gasteiger charge is 2.32. The van der Waals surface area contributed by atoms with Crippen LogP contribution >= 0.6 is 0 Å². The van der Waals surface area contributed by atoms with Crippen molar-refractivity contribution in [2.75, 3.05) is 27.9 Å². The zero-order chi connectivity index (χ0) is 17.7. The lowest BCUT2D eigenvalue weighted by molar-refractivity contribution is 0.0993. The van der Waals surface area contributed by atoms with Gasteiger partial charge < -0.3 is 24.4 Å². The molecule has 0 radical (unpaired) electrons. The van der Waals surface area contributed by atoms with E-state index in [0.717, 1.165) is 47.7 Å². The highest BCUT2D eigenvalue weighted by molar-refractivity contribution is 5.69. The average molecular weight is 336 g/mol. The van der Waals surface area contributed by atoms with E-state index in [1.165, 1.54) is 7.11 Å². The van der Waals surface area contributed by atoms with Crippen LogP contribution in [0, 0.1) is 0 Å². The Morgan fingerprint density at radius 2 is 2.04 bits per heavy atom. The van der Waals surface area contributed by atoms with Crippen molar-refractivity contribution in [3.63, 3.8) is 0 Å². The SMILES string of the molecule is CCCNCc1cc(OC)c2c(c1OC)CC(C)N(C(=O)OC)C2. The van der Waals surface area contributed by atoms with E-state index >= 15 is 0 Å². The third-order valence-corrected chi connectivity index (χ3v) is 4.47. The number of rotatable bonds is 6. The van der Waals surface area contributed by atoms with Gasteiger partial charge in [-0.15, -0.1) is 0 Å². The van der Waals surface area contributed by atoms with Gasteiger partial charge in [-0.05, 0) is 32.4 Å². The van der Waals surface area contributed by atoms with Gasteiger partial charge in [0, 0.05) is 29.3 Å². The molecule has 1 unspecified atom stereocenters. The van der Waals surface area contributed by atoms with Gasteiger partial charge in [-0.2, -0.15) is 0 Å². The number of benzene rings is 1. The molecule has 0 fully saturated rings. The van der Waals surface area contributed by atoms with Crippen LogP contribution in [0.3, 0.4) is 0 Å². The van der Waals surface area contributed by atoms with Crippen molar-refractivity contribution in [1.82, 2.24) is 10.2 Å². The van der Waals surface area contributed by atoms with E-state index in [2.05, 4.69) is 12.2 Å². The van der Waals surface area contributed by atoms with Crippen molar-refractivity contribution >= 4 is 6.09 Å². The molecule has 1 heterocycles. The molecule has 0 saturated carbocycles. The van der Waals surface area contributed by atoms with Crippen molar-refractivity contribution in [2.24, 2.45) is 0 Å². The summed E-state index contributed by atoms with van der Waals surface area (Å²) in [5.41, 5.74) is 3.20. The van der Waals surface area contributed by atoms with Gasteiger partial charge in [-0.25, -0.2) is 4.79 Å². The number of amides is 1. The van der Waals surface area contributed by atoms with E-state index in [4.69, 9.17) is 14.2 Å². The molecule has 1 aliphatic heterocycles. The number of carbonyl (C=O) groups excluding carboxylic acids is 1. The van der Waals surface area contributed by atoms with Crippen LogP contribution in [-0.2, 0) is 24.2 Å². The third-order valence-electron chi connectivity index (χ3n) is 4.47. The van der Waals surface area contributed by atoms with Crippen molar-refractivity contribution in [3.05, 3.63) is 22.8 Å². The van der Waals surface area contributed by atoms with E-state index in [-0.39, 0.29) is 12.1 Å². The fraction of sp³-hybridized carbons (Fsp3) is 0.611. The normalized spacial score (nSPS) is 16.5. The Bertz CT molecular complexity index is 589. The minimum absolute atomic E-state index is 0.0439. The summed E-state index contributed by atoms with van der Waals surface area (Å²) < 4.78 is 16.2. The molecule has 0 saturated heterocycles. The quantitative estimate of drug-likeness (QED) is 0.810. The summed E-state index contributed by atoms with van der Waals surface area (Å²) in [4.78, 5) is 13.7. The Kier molecular flexibility index (Phi) is 6.31. The lowest BCUT2D eigenvalue weighted by Gasteiger charge is -2.35. The van der Waals surface area contributed by atoms with Gasteiger partial charge in [0.2, 0.25) is 0 Å². The Labute approximate surface area is 144 Å². The van der Waals surface area contributed by atoms with Gasteiger partial charge in [-0.3, -0.25) is 0 Å². The molecule has 2 rings (SSSR count). The molecule has 6 heteroatoms. The molecular weight excluding hydrogens is 308 g/mol. The maximum absolute atomic E-state index is 12.0. The second-order valence-corrected chi connectivity index (χ2v) is 6.06. The number of hydrogen-bond donors (Lipinski definition) is 1. The van der Waals surface area contributed by atoms with Crippen molar-refractivity contribution in [3.8, 4) is 11.5 Å². The van der Waals surface area contributed by atoms with Gasteiger partial charge in [0.05, 0.1) is 27.9 Å². The van der Waals surface area contributed by atoms with E-state index in [1.54, 1.807) is 19.1 Å². The van der Waals surface area contributed by atoms with Gasteiger partial charge >= 0.3 is 6.09 Å². The average Bonchev–Trinajstić information content (AvgIpc) is 2.59. The molecular formula is C18H28N2O4. The fourth-order valence-electron chi connectivity index (χ4n) is 3.24. The van der Waals surface area contributed by atoms with Crippen LogP contribution < -0.4 is 14.8 Å². The first-order valence-electron chi connectivity index (χ1n) is 8.38. The first-order chi connectivity index (χ1) is 11.6.